The highest BCUT2D eigenvalue weighted by Crippen LogP contribution is 2.36. The largest absolute Gasteiger partial charge is 0.494 e. The summed E-state index contributed by atoms with van der Waals surface area (Å²) in [7, 11) is -0.691. The van der Waals surface area contributed by atoms with E-state index in [1.807, 2.05) is 27.7 Å². The topological polar surface area (TPSA) is 55.8 Å². The monoisotopic (exact) mass is 266 g/mol. The van der Waals surface area contributed by atoms with Crippen LogP contribution in [0.3, 0.4) is 0 Å². The van der Waals surface area contributed by atoms with Crippen molar-refractivity contribution in [1.82, 2.24) is 0 Å². The predicted octanol–water partition coefficient (Wildman–Crippen LogP) is 1.82. The lowest BCUT2D eigenvalue weighted by Gasteiger charge is -2.32. The van der Waals surface area contributed by atoms with E-state index in [0.29, 0.717) is 5.46 Å². The van der Waals surface area contributed by atoms with Crippen LogP contribution in [0.2, 0.25) is 0 Å². The van der Waals surface area contributed by atoms with Crippen molar-refractivity contribution in [2.24, 2.45) is 0 Å². The summed E-state index contributed by atoms with van der Waals surface area (Å²) in [4.78, 5) is 10.9. The van der Waals surface area contributed by atoms with Crippen LogP contribution in [0.25, 0.3) is 0 Å². The van der Waals surface area contributed by atoms with Crippen LogP contribution in [0, 0.1) is 5.82 Å². The third-order valence-electron chi connectivity index (χ3n) is 3.75. The molecule has 1 aromatic rings. The second-order valence-electron chi connectivity index (χ2n) is 5.63. The van der Waals surface area contributed by atoms with Gasteiger partial charge in [0.15, 0.2) is 0 Å². The summed E-state index contributed by atoms with van der Waals surface area (Å²) < 4.78 is 24.9. The Bertz CT molecular complexity index is 511. The molecule has 1 heterocycles. The van der Waals surface area contributed by atoms with E-state index in [4.69, 9.17) is 14.4 Å². The zero-order chi connectivity index (χ0) is 14.4. The third kappa shape index (κ3) is 2.38. The Kier molecular flexibility index (Phi) is 3.19. The number of hydrogen-bond acceptors (Lipinski definition) is 3. The second kappa shape index (κ2) is 4.32. The molecular weight excluding hydrogens is 250 g/mol. The van der Waals surface area contributed by atoms with Crippen molar-refractivity contribution in [3.8, 4) is 0 Å². The quantitative estimate of drug-likeness (QED) is 0.829. The summed E-state index contributed by atoms with van der Waals surface area (Å²) in [6, 6.07) is 3.84. The van der Waals surface area contributed by atoms with Crippen LogP contribution in [0.5, 0.6) is 0 Å². The number of rotatable bonds is 2. The fourth-order valence-electron chi connectivity index (χ4n) is 1.83. The molecule has 1 aliphatic rings. The molecule has 1 saturated heterocycles. The smallest absolute Gasteiger partial charge is 0.478 e. The van der Waals surface area contributed by atoms with Crippen molar-refractivity contribution in [3.05, 3.63) is 29.6 Å². The van der Waals surface area contributed by atoms with Gasteiger partial charge in [0.05, 0.1) is 16.8 Å². The van der Waals surface area contributed by atoms with Gasteiger partial charge in [-0.3, -0.25) is 0 Å². The number of halogens is 1. The summed E-state index contributed by atoms with van der Waals surface area (Å²) in [5, 5.41) is 8.92. The Morgan fingerprint density at radius 1 is 1.21 bits per heavy atom. The van der Waals surface area contributed by atoms with E-state index in [1.165, 1.54) is 12.1 Å². The molecule has 6 heteroatoms. The number of carboxylic acid groups (broad SMARTS) is 1. The first-order valence-electron chi connectivity index (χ1n) is 6.02. The maximum absolute atomic E-state index is 13.3. The number of carbonyl (C=O) groups is 1. The molecule has 0 unspecified atom stereocenters. The number of hydrogen-bond donors (Lipinski definition) is 1. The lowest BCUT2D eigenvalue weighted by Crippen LogP contribution is -2.41. The molecule has 0 aliphatic carbocycles. The van der Waals surface area contributed by atoms with Gasteiger partial charge in [0, 0.05) is 0 Å². The molecule has 1 aliphatic heterocycles. The fraction of sp³-hybridized carbons (Fsp3) is 0.462. The Morgan fingerprint density at radius 3 is 2.21 bits per heavy atom. The molecule has 1 N–H and O–H groups in total. The van der Waals surface area contributed by atoms with Crippen LogP contribution < -0.4 is 5.46 Å². The van der Waals surface area contributed by atoms with Crippen LogP contribution in [-0.2, 0) is 9.31 Å². The molecule has 0 spiro atoms. The minimum atomic E-state index is -1.31. The summed E-state index contributed by atoms with van der Waals surface area (Å²) in [5.74, 6) is -2.08. The van der Waals surface area contributed by atoms with Gasteiger partial charge < -0.3 is 14.4 Å². The van der Waals surface area contributed by atoms with Gasteiger partial charge in [0.25, 0.3) is 0 Å². The van der Waals surface area contributed by atoms with Gasteiger partial charge in [-0.15, -0.1) is 0 Å². The normalized spacial score (nSPS) is 20.6. The molecule has 4 nitrogen and oxygen atoms in total. The molecule has 1 fully saturated rings. The molecule has 102 valence electrons. The van der Waals surface area contributed by atoms with Gasteiger partial charge >= 0.3 is 13.1 Å². The average Bonchev–Trinajstić information content (AvgIpc) is 2.48. The van der Waals surface area contributed by atoms with Crippen molar-refractivity contribution in [2.75, 3.05) is 0 Å². The highest BCUT2D eigenvalue weighted by atomic mass is 19.1. The first kappa shape index (κ1) is 14.0. The Morgan fingerprint density at radius 2 is 1.74 bits per heavy atom. The Balaban J connectivity index is 2.35. The third-order valence-corrected chi connectivity index (χ3v) is 3.75. The zero-order valence-corrected chi connectivity index (χ0v) is 11.4. The van der Waals surface area contributed by atoms with Gasteiger partial charge in [-0.1, -0.05) is 6.07 Å². The average molecular weight is 266 g/mol. The molecule has 0 amide bonds. The van der Waals surface area contributed by atoms with Crippen LogP contribution in [0.15, 0.2) is 18.2 Å². The van der Waals surface area contributed by atoms with Crippen LogP contribution in [0.4, 0.5) is 4.39 Å². The molecule has 2 rings (SSSR count). The molecule has 0 saturated carbocycles. The van der Waals surface area contributed by atoms with Gasteiger partial charge in [0.1, 0.15) is 5.82 Å². The summed E-state index contributed by atoms with van der Waals surface area (Å²) >= 11 is 0. The van der Waals surface area contributed by atoms with Crippen LogP contribution in [-0.4, -0.2) is 29.4 Å². The molecule has 0 aromatic heterocycles. The first-order valence-corrected chi connectivity index (χ1v) is 6.02. The van der Waals surface area contributed by atoms with E-state index in [2.05, 4.69) is 0 Å². The number of carboxylic acids is 1. The standard InChI is InChI=1S/C13H16BFO4/c1-12(2)13(3,4)19-14(18-12)8-5-6-10(15)9(7-8)11(16)17/h5-7H,1-4H3,(H,16,17). The highest BCUT2D eigenvalue weighted by molar-refractivity contribution is 6.62. The molecule has 19 heavy (non-hydrogen) atoms. The van der Waals surface area contributed by atoms with Gasteiger partial charge in [-0.05, 0) is 45.3 Å². The second-order valence-corrected chi connectivity index (χ2v) is 5.63. The first-order chi connectivity index (χ1) is 8.64. The van der Waals surface area contributed by atoms with E-state index < -0.39 is 30.1 Å². The summed E-state index contributed by atoms with van der Waals surface area (Å²) in [5.41, 5.74) is -0.921. The molecule has 0 atom stereocenters. The molecule has 1 aromatic carbocycles. The Labute approximate surface area is 111 Å². The van der Waals surface area contributed by atoms with Crippen molar-refractivity contribution < 1.29 is 23.6 Å². The Hall–Kier alpha value is -1.40. The fourth-order valence-corrected chi connectivity index (χ4v) is 1.83. The predicted molar refractivity (Wildman–Crippen MR) is 69.1 cm³/mol. The van der Waals surface area contributed by atoms with E-state index in [9.17, 15) is 9.18 Å². The zero-order valence-electron chi connectivity index (χ0n) is 11.4. The van der Waals surface area contributed by atoms with Crippen molar-refractivity contribution in [3.63, 3.8) is 0 Å². The molecule has 0 bridgehead atoms. The number of benzene rings is 1. The van der Waals surface area contributed by atoms with Crippen molar-refractivity contribution in [1.29, 1.82) is 0 Å². The van der Waals surface area contributed by atoms with E-state index >= 15 is 0 Å². The van der Waals surface area contributed by atoms with Gasteiger partial charge in [-0.25, -0.2) is 9.18 Å². The lowest BCUT2D eigenvalue weighted by molar-refractivity contribution is 0.00578. The lowest BCUT2D eigenvalue weighted by atomic mass is 9.78. The summed E-state index contributed by atoms with van der Waals surface area (Å²) in [6.45, 7) is 7.59. The minimum absolute atomic E-state index is 0.382. The maximum atomic E-state index is 13.3. The highest BCUT2D eigenvalue weighted by Gasteiger charge is 2.51. The van der Waals surface area contributed by atoms with E-state index in [-0.39, 0.29) is 5.56 Å². The van der Waals surface area contributed by atoms with E-state index in [1.54, 1.807) is 0 Å². The van der Waals surface area contributed by atoms with Gasteiger partial charge in [-0.2, -0.15) is 0 Å². The van der Waals surface area contributed by atoms with E-state index in [0.717, 1.165) is 6.07 Å². The molecular formula is C13H16BFO4. The van der Waals surface area contributed by atoms with Crippen LogP contribution >= 0.6 is 0 Å². The summed E-state index contributed by atoms with van der Waals surface area (Å²) in [6.07, 6.45) is 0. The molecule has 0 radical (unpaired) electrons. The van der Waals surface area contributed by atoms with Crippen molar-refractivity contribution >= 4 is 18.6 Å². The van der Waals surface area contributed by atoms with Gasteiger partial charge in [0.2, 0.25) is 0 Å². The van der Waals surface area contributed by atoms with Crippen molar-refractivity contribution in [2.45, 2.75) is 38.9 Å². The van der Waals surface area contributed by atoms with Crippen LogP contribution in [0.1, 0.15) is 38.1 Å². The SMILES string of the molecule is CC1(C)OB(c2ccc(F)c(C(=O)O)c2)OC1(C)C. The maximum Gasteiger partial charge on any atom is 0.494 e. The number of aromatic carboxylic acids is 1. The minimum Gasteiger partial charge on any atom is -0.478 e.